The number of anilines is 2. The van der Waals surface area contributed by atoms with Gasteiger partial charge < -0.3 is 19.9 Å². The molecule has 2 N–H and O–H groups in total. The third-order valence-corrected chi connectivity index (χ3v) is 4.96. The largest absolute Gasteiger partial charge is 0.494 e. The molecule has 0 radical (unpaired) electrons. The highest BCUT2D eigenvalue weighted by Crippen LogP contribution is 2.31. The van der Waals surface area contributed by atoms with Gasteiger partial charge in [0.2, 0.25) is 0 Å². The molecule has 1 heterocycles. The average molecular weight is 393 g/mol. The van der Waals surface area contributed by atoms with Gasteiger partial charge in [-0.2, -0.15) is 0 Å². The van der Waals surface area contributed by atoms with Crippen LogP contribution in [0, 0.1) is 5.82 Å². The van der Waals surface area contributed by atoms with E-state index in [9.17, 15) is 4.39 Å². The van der Waals surface area contributed by atoms with Crippen molar-refractivity contribution >= 4 is 50.5 Å². The number of ether oxygens (including phenoxy) is 1. The Hall–Kier alpha value is -3.12. The number of para-hydroxylation sites is 1. The van der Waals surface area contributed by atoms with Gasteiger partial charge in [0.1, 0.15) is 0 Å². The number of rotatable bonds is 4. The van der Waals surface area contributed by atoms with Crippen LogP contribution in [0.4, 0.5) is 15.8 Å². The fraction of sp³-hybridized carbons (Fsp3) is 0.136. The minimum atomic E-state index is -0.441. The van der Waals surface area contributed by atoms with Crippen LogP contribution >= 0.6 is 12.2 Å². The highest BCUT2D eigenvalue weighted by Gasteiger charge is 2.10. The zero-order chi connectivity index (χ0) is 19.7. The number of aryl methyl sites for hydroxylation is 1. The van der Waals surface area contributed by atoms with Crippen LogP contribution in [0.3, 0.4) is 0 Å². The molecule has 0 spiro atoms. The Bertz CT molecular complexity index is 1190. The molecule has 0 fully saturated rings. The number of fused-ring (bicyclic) bond motifs is 3. The highest BCUT2D eigenvalue weighted by atomic mass is 32.1. The van der Waals surface area contributed by atoms with Gasteiger partial charge >= 0.3 is 0 Å². The number of halogens is 1. The van der Waals surface area contributed by atoms with E-state index >= 15 is 0 Å². The van der Waals surface area contributed by atoms with Crippen LogP contribution in [-0.2, 0) is 6.54 Å². The van der Waals surface area contributed by atoms with Crippen LogP contribution in [0.25, 0.3) is 21.8 Å². The lowest BCUT2D eigenvalue weighted by molar-refractivity contribution is 0.387. The van der Waals surface area contributed by atoms with Gasteiger partial charge in [-0.25, -0.2) is 4.39 Å². The van der Waals surface area contributed by atoms with Gasteiger partial charge in [-0.1, -0.05) is 18.2 Å². The maximum absolute atomic E-state index is 13.9. The highest BCUT2D eigenvalue weighted by molar-refractivity contribution is 7.80. The Kier molecular flexibility index (Phi) is 4.88. The monoisotopic (exact) mass is 393 g/mol. The SMILES string of the molecule is CCn1c2ccccc2c2cc(NC(=S)Nc3ccc(OC)c(F)c3)ccc21. The number of thiocarbonyl (C=S) groups is 1. The van der Waals surface area contributed by atoms with E-state index in [2.05, 4.69) is 52.5 Å². The van der Waals surface area contributed by atoms with Gasteiger partial charge in [-0.05, 0) is 55.5 Å². The second-order valence-corrected chi connectivity index (χ2v) is 6.83. The second kappa shape index (κ2) is 7.48. The van der Waals surface area contributed by atoms with Crippen molar-refractivity contribution in [3.8, 4) is 5.75 Å². The Morgan fingerprint density at radius 3 is 2.36 bits per heavy atom. The molecule has 0 aliphatic heterocycles. The smallest absolute Gasteiger partial charge is 0.175 e. The number of methoxy groups -OCH3 is 1. The van der Waals surface area contributed by atoms with Crippen LogP contribution in [0.5, 0.6) is 5.75 Å². The fourth-order valence-electron chi connectivity index (χ4n) is 3.51. The summed E-state index contributed by atoms with van der Waals surface area (Å²) in [6.07, 6.45) is 0. The summed E-state index contributed by atoms with van der Waals surface area (Å²) >= 11 is 5.39. The predicted octanol–water partition coefficient (Wildman–Crippen LogP) is 5.77. The maximum Gasteiger partial charge on any atom is 0.175 e. The van der Waals surface area contributed by atoms with Gasteiger partial charge in [0.05, 0.1) is 7.11 Å². The number of nitrogens with zero attached hydrogens (tertiary/aromatic N) is 1. The Morgan fingerprint density at radius 1 is 0.964 bits per heavy atom. The molecule has 0 bridgehead atoms. The van der Waals surface area contributed by atoms with E-state index in [0.29, 0.717) is 10.8 Å². The van der Waals surface area contributed by atoms with Crippen LogP contribution in [0.1, 0.15) is 6.92 Å². The Balaban J connectivity index is 1.60. The second-order valence-electron chi connectivity index (χ2n) is 6.42. The molecule has 28 heavy (non-hydrogen) atoms. The van der Waals surface area contributed by atoms with Gasteiger partial charge in [0.25, 0.3) is 0 Å². The predicted molar refractivity (Wildman–Crippen MR) is 118 cm³/mol. The molecule has 0 saturated heterocycles. The molecule has 3 aromatic carbocycles. The van der Waals surface area contributed by atoms with E-state index in [1.807, 2.05) is 12.1 Å². The molecule has 1 aromatic heterocycles. The van der Waals surface area contributed by atoms with Crippen molar-refractivity contribution in [3.05, 3.63) is 66.5 Å². The molecule has 0 unspecified atom stereocenters. The summed E-state index contributed by atoms with van der Waals surface area (Å²) in [5, 5.41) is 8.95. The number of nitrogens with one attached hydrogen (secondary N) is 2. The fourth-order valence-corrected chi connectivity index (χ4v) is 3.75. The van der Waals surface area contributed by atoms with Crippen molar-refractivity contribution in [1.82, 2.24) is 4.57 Å². The van der Waals surface area contributed by atoms with Gasteiger partial charge in [0, 0.05) is 45.8 Å². The molecular weight excluding hydrogens is 373 g/mol. The summed E-state index contributed by atoms with van der Waals surface area (Å²) in [6.45, 7) is 3.05. The van der Waals surface area contributed by atoms with E-state index < -0.39 is 5.82 Å². The molecule has 0 aliphatic rings. The molecular formula is C22H20FN3OS. The third kappa shape index (κ3) is 3.27. The zero-order valence-corrected chi connectivity index (χ0v) is 16.4. The summed E-state index contributed by atoms with van der Waals surface area (Å²) in [5.74, 6) is -0.244. The van der Waals surface area contributed by atoms with Crippen LogP contribution in [-0.4, -0.2) is 16.8 Å². The quantitative estimate of drug-likeness (QED) is 0.432. The van der Waals surface area contributed by atoms with Gasteiger partial charge in [-0.15, -0.1) is 0 Å². The van der Waals surface area contributed by atoms with E-state index in [4.69, 9.17) is 17.0 Å². The third-order valence-electron chi connectivity index (χ3n) is 4.76. The van der Waals surface area contributed by atoms with Crippen molar-refractivity contribution in [2.75, 3.05) is 17.7 Å². The molecule has 4 aromatic rings. The van der Waals surface area contributed by atoms with Crippen molar-refractivity contribution in [1.29, 1.82) is 0 Å². The zero-order valence-electron chi connectivity index (χ0n) is 15.6. The van der Waals surface area contributed by atoms with Crippen LogP contribution in [0.2, 0.25) is 0 Å². The van der Waals surface area contributed by atoms with Crippen molar-refractivity contribution in [2.24, 2.45) is 0 Å². The standard InChI is InChI=1S/C22H20FN3OS/c1-3-26-19-7-5-4-6-16(19)17-12-14(8-10-20(17)26)24-22(28)25-15-9-11-21(27-2)18(23)13-15/h4-13H,3H2,1-2H3,(H2,24,25,28). The Morgan fingerprint density at radius 2 is 1.64 bits per heavy atom. The summed E-state index contributed by atoms with van der Waals surface area (Å²) in [5.41, 5.74) is 3.83. The Labute approximate surface area is 167 Å². The van der Waals surface area contributed by atoms with E-state index in [0.717, 1.165) is 12.2 Å². The summed E-state index contributed by atoms with van der Waals surface area (Å²) < 4.78 is 21.1. The first kappa shape index (κ1) is 18.3. The normalized spacial score (nSPS) is 11.0. The lowest BCUT2D eigenvalue weighted by Gasteiger charge is -2.12. The minimum Gasteiger partial charge on any atom is -0.494 e. The van der Waals surface area contributed by atoms with Gasteiger partial charge in [0.15, 0.2) is 16.7 Å². The van der Waals surface area contributed by atoms with E-state index in [-0.39, 0.29) is 5.75 Å². The van der Waals surface area contributed by atoms with Crippen LogP contribution in [0.15, 0.2) is 60.7 Å². The van der Waals surface area contributed by atoms with E-state index in [1.165, 1.54) is 35.0 Å². The minimum absolute atomic E-state index is 0.196. The van der Waals surface area contributed by atoms with Crippen molar-refractivity contribution in [3.63, 3.8) is 0 Å². The molecule has 0 amide bonds. The number of hydrogen-bond acceptors (Lipinski definition) is 2. The van der Waals surface area contributed by atoms with Crippen molar-refractivity contribution in [2.45, 2.75) is 13.5 Å². The maximum atomic E-state index is 13.9. The molecule has 0 aliphatic carbocycles. The lowest BCUT2D eigenvalue weighted by Crippen LogP contribution is -2.19. The first-order valence-corrected chi connectivity index (χ1v) is 9.44. The molecule has 0 atom stereocenters. The van der Waals surface area contributed by atoms with Crippen LogP contribution < -0.4 is 15.4 Å². The van der Waals surface area contributed by atoms with Gasteiger partial charge in [-0.3, -0.25) is 0 Å². The lowest BCUT2D eigenvalue weighted by atomic mass is 10.1. The topological polar surface area (TPSA) is 38.2 Å². The summed E-state index contributed by atoms with van der Waals surface area (Å²) in [6, 6.07) is 19.2. The molecule has 4 rings (SSSR count). The summed E-state index contributed by atoms with van der Waals surface area (Å²) in [4.78, 5) is 0. The molecule has 6 heteroatoms. The first-order valence-electron chi connectivity index (χ1n) is 9.03. The number of hydrogen-bond donors (Lipinski definition) is 2. The van der Waals surface area contributed by atoms with Crippen molar-refractivity contribution < 1.29 is 9.13 Å². The number of aromatic nitrogens is 1. The molecule has 0 saturated carbocycles. The van der Waals surface area contributed by atoms with E-state index in [1.54, 1.807) is 12.1 Å². The average Bonchev–Trinajstić information content (AvgIpc) is 3.01. The molecule has 4 nitrogen and oxygen atoms in total. The summed E-state index contributed by atoms with van der Waals surface area (Å²) in [7, 11) is 1.43. The first-order chi connectivity index (χ1) is 13.6. The number of benzene rings is 3. The molecule has 142 valence electrons.